The average molecular weight is 293 g/mol. The lowest BCUT2D eigenvalue weighted by Gasteiger charge is -2.10. The van der Waals surface area contributed by atoms with Gasteiger partial charge in [-0.3, -0.25) is 4.79 Å². The second-order valence-electron chi connectivity index (χ2n) is 4.74. The number of aromatic nitrogens is 2. The number of carbonyl (C=O) groups excluding carboxylic acids is 1. The van der Waals surface area contributed by atoms with Crippen molar-refractivity contribution in [3.8, 4) is 28.3 Å². The minimum atomic E-state index is -0.511. The molecule has 0 aliphatic rings. The number of aromatic amines is 1. The third kappa shape index (κ3) is 2.83. The number of imidazole rings is 1. The number of carbonyl (C=O) groups is 1. The molecule has 1 aromatic heterocycles. The Morgan fingerprint density at radius 1 is 1.09 bits per heavy atom. The number of nitrogens with two attached hydrogens (primary N) is 1. The molecule has 0 aliphatic heterocycles. The smallest absolute Gasteiger partial charge is 0.255 e. The molecule has 0 saturated heterocycles. The van der Waals surface area contributed by atoms with E-state index in [9.17, 15) is 4.79 Å². The molecule has 1 heterocycles. The molecule has 3 aromatic rings. The first kappa shape index (κ1) is 13.9. The summed E-state index contributed by atoms with van der Waals surface area (Å²) in [6, 6.07) is 17.3. The van der Waals surface area contributed by atoms with Gasteiger partial charge >= 0.3 is 0 Å². The van der Waals surface area contributed by atoms with E-state index in [2.05, 4.69) is 9.97 Å². The Morgan fingerprint density at radius 2 is 1.82 bits per heavy atom. The normalized spacial score (nSPS) is 10.4. The molecule has 2 aromatic carbocycles. The Hall–Kier alpha value is -3.08. The number of H-pyrrole nitrogens is 1. The molecule has 0 radical (unpaired) electrons. The summed E-state index contributed by atoms with van der Waals surface area (Å²) in [5.41, 5.74) is 8.65. The van der Waals surface area contributed by atoms with E-state index in [1.165, 1.54) is 0 Å². The maximum Gasteiger partial charge on any atom is 0.255 e. The van der Waals surface area contributed by atoms with E-state index in [0.29, 0.717) is 5.75 Å². The maximum atomic E-state index is 10.9. The van der Waals surface area contributed by atoms with Crippen molar-refractivity contribution in [1.82, 2.24) is 9.97 Å². The van der Waals surface area contributed by atoms with Crippen LogP contribution in [0.15, 0.2) is 60.9 Å². The molecule has 0 spiro atoms. The van der Waals surface area contributed by atoms with Crippen LogP contribution >= 0.6 is 0 Å². The van der Waals surface area contributed by atoms with E-state index >= 15 is 0 Å². The van der Waals surface area contributed by atoms with Gasteiger partial charge < -0.3 is 15.5 Å². The summed E-state index contributed by atoms with van der Waals surface area (Å²) in [4.78, 5) is 18.5. The number of hydrogen-bond donors (Lipinski definition) is 2. The summed E-state index contributed by atoms with van der Waals surface area (Å²) in [5.74, 6) is 0.0745. The van der Waals surface area contributed by atoms with Gasteiger partial charge in [0.15, 0.2) is 6.61 Å². The van der Waals surface area contributed by atoms with Crippen molar-refractivity contribution in [2.75, 3.05) is 6.61 Å². The number of primary amides is 1. The van der Waals surface area contributed by atoms with E-state index in [4.69, 9.17) is 10.5 Å². The molecule has 5 nitrogen and oxygen atoms in total. The van der Waals surface area contributed by atoms with Crippen molar-refractivity contribution in [3.05, 3.63) is 60.9 Å². The maximum absolute atomic E-state index is 10.9. The average Bonchev–Trinajstić information content (AvgIpc) is 3.03. The van der Waals surface area contributed by atoms with Crippen LogP contribution in [-0.2, 0) is 4.79 Å². The quantitative estimate of drug-likeness (QED) is 0.758. The minimum Gasteiger partial charge on any atom is -0.483 e. The van der Waals surface area contributed by atoms with Gasteiger partial charge in [-0.15, -0.1) is 0 Å². The topological polar surface area (TPSA) is 81.0 Å². The first-order valence-corrected chi connectivity index (χ1v) is 6.85. The largest absolute Gasteiger partial charge is 0.483 e. The minimum absolute atomic E-state index is 0.161. The Bertz CT molecular complexity index is 781. The summed E-state index contributed by atoms with van der Waals surface area (Å²) in [5, 5.41) is 0. The highest BCUT2D eigenvalue weighted by molar-refractivity contribution is 5.81. The van der Waals surface area contributed by atoms with E-state index in [-0.39, 0.29) is 6.61 Å². The number of ether oxygens (including phenoxy) is 1. The lowest BCUT2D eigenvalue weighted by Crippen LogP contribution is -2.20. The van der Waals surface area contributed by atoms with Gasteiger partial charge in [-0.2, -0.15) is 0 Å². The standard InChI is InChI=1S/C17H15N3O2/c18-15(21)10-22-14-9-5-4-8-13(14)17-16(19-11-20-17)12-6-2-1-3-7-12/h1-9,11H,10H2,(H2,18,21)(H,19,20). The van der Waals surface area contributed by atoms with Crippen LogP contribution in [0.2, 0.25) is 0 Å². The van der Waals surface area contributed by atoms with E-state index in [1.54, 1.807) is 12.4 Å². The van der Waals surface area contributed by atoms with Crippen LogP contribution < -0.4 is 10.5 Å². The predicted octanol–water partition coefficient (Wildman–Crippen LogP) is 2.61. The number of hydrogen-bond acceptors (Lipinski definition) is 3. The number of rotatable bonds is 5. The van der Waals surface area contributed by atoms with Crippen molar-refractivity contribution in [2.24, 2.45) is 5.73 Å². The van der Waals surface area contributed by atoms with Gasteiger partial charge in [-0.05, 0) is 12.1 Å². The van der Waals surface area contributed by atoms with Crippen molar-refractivity contribution in [2.45, 2.75) is 0 Å². The fourth-order valence-corrected chi connectivity index (χ4v) is 2.26. The van der Waals surface area contributed by atoms with E-state index < -0.39 is 5.91 Å². The van der Waals surface area contributed by atoms with Crippen LogP contribution in [-0.4, -0.2) is 22.5 Å². The van der Waals surface area contributed by atoms with Gasteiger partial charge in [-0.1, -0.05) is 42.5 Å². The van der Waals surface area contributed by atoms with Crippen molar-refractivity contribution >= 4 is 5.91 Å². The van der Waals surface area contributed by atoms with Crippen LogP contribution in [0, 0.1) is 0 Å². The van der Waals surface area contributed by atoms with Gasteiger partial charge in [0.25, 0.3) is 5.91 Å². The van der Waals surface area contributed by atoms with Crippen molar-refractivity contribution in [3.63, 3.8) is 0 Å². The summed E-state index contributed by atoms with van der Waals surface area (Å²) >= 11 is 0. The second kappa shape index (κ2) is 6.13. The lowest BCUT2D eigenvalue weighted by atomic mass is 10.0. The van der Waals surface area contributed by atoms with Crippen LogP contribution in [0.1, 0.15) is 0 Å². The number of amides is 1. The molecule has 0 bridgehead atoms. The van der Waals surface area contributed by atoms with Gasteiger partial charge in [-0.25, -0.2) is 4.98 Å². The Balaban J connectivity index is 2.03. The molecule has 5 heteroatoms. The molecule has 0 fully saturated rings. The number of nitrogens with one attached hydrogen (secondary N) is 1. The first-order chi connectivity index (χ1) is 10.8. The van der Waals surface area contributed by atoms with Gasteiger partial charge in [0.1, 0.15) is 5.75 Å². The molecule has 1 amide bonds. The summed E-state index contributed by atoms with van der Waals surface area (Å²) in [7, 11) is 0. The first-order valence-electron chi connectivity index (χ1n) is 6.85. The van der Waals surface area contributed by atoms with Crippen LogP contribution in [0.3, 0.4) is 0 Å². The molecule has 0 aliphatic carbocycles. The SMILES string of the molecule is NC(=O)COc1ccccc1-c1[nH]cnc1-c1ccccc1. The molecular weight excluding hydrogens is 278 g/mol. The number of nitrogens with zero attached hydrogens (tertiary/aromatic N) is 1. The second-order valence-corrected chi connectivity index (χ2v) is 4.74. The highest BCUT2D eigenvalue weighted by Crippen LogP contribution is 2.34. The number of para-hydroxylation sites is 1. The monoisotopic (exact) mass is 293 g/mol. The molecule has 3 N–H and O–H groups in total. The fraction of sp³-hybridized carbons (Fsp3) is 0.0588. The van der Waals surface area contributed by atoms with E-state index in [0.717, 1.165) is 22.5 Å². The highest BCUT2D eigenvalue weighted by Gasteiger charge is 2.14. The van der Waals surface area contributed by atoms with Gasteiger partial charge in [0, 0.05) is 11.1 Å². The molecule has 0 saturated carbocycles. The fourth-order valence-electron chi connectivity index (χ4n) is 2.26. The zero-order valence-electron chi connectivity index (χ0n) is 11.8. The van der Waals surface area contributed by atoms with Crippen molar-refractivity contribution in [1.29, 1.82) is 0 Å². The summed E-state index contributed by atoms with van der Waals surface area (Å²) < 4.78 is 5.49. The Kier molecular flexibility index (Phi) is 3.87. The predicted molar refractivity (Wildman–Crippen MR) is 84.1 cm³/mol. The molecule has 0 unspecified atom stereocenters. The van der Waals surface area contributed by atoms with Crippen LogP contribution in [0.25, 0.3) is 22.5 Å². The summed E-state index contributed by atoms with van der Waals surface area (Å²) in [6.07, 6.45) is 1.64. The van der Waals surface area contributed by atoms with E-state index in [1.807, 2.05) is 48.5 Å². The highest BCUT2D eigenvalue weighted by atomic mass is 16.5. The van der Waals surface area contributed by atoms with Gasteiger partial charge in [0.2, 0.25) is 0 Å². The third-order valence-corrected chi connectivity index (χ3v) is 3.21. The molecule has 22 heavy (non-hydrogen) atoms. The molecule has 0 atom stereocenters. The summed E-state index contributed by atoms with van der Waals surface area (Å²) in [6.45, 7) is -0.161. The number of benzene rings is 2. The molecule has 3 rings (SSSR count). The zero-order valence-corrected chi connectivity index (χ0v) is 11.8. The Morgan fingerprint density at radius 3 is 2.59 bits per heavy atom. The van der Waals surface area contributed by atoms with Crippen LogP contribution in [0.5, 0.6) is 5.75 Å². The van der Waals surface area contributed by atoms with Crippen molar-refractivity contribution < 1.29 is 9.53 Å². The third-order valence-electron chi connectivity index (χ3n) is 3.21. The van der Waals surface area contributed by atoms with Gasteiger partial charge in [0.05, 0.1) is 17.7 Å². The molecular formula is C17H15N3O2. The zero-order chi connectivity index (χ0) is 15.4. The lowest BCUT2D eigenvalue weighted by molar-refractivity contribution is -0.119. The Labute approximate surface area is 127 Å². The molecule has 110 valence electrons. The van der Waals surface area contributed by atoms with Crippen LogP contribution in [0.4, 0.5) is 0 Å².